The smallest absolute Gasteiger partial charge is 0.271 e. The van der Waals surface area contributed by atoms with Crippen molar-refractivity contribution in [2.75, 3.05) is 19.9 Å². The minimum atomic E-state index is -0.354. The normalized spacial score (nSPS) is 18.9. The van der Waals surface area contributed by atoms with Crippen LogP contribution >= 0.6 is 11.8 Å². The molecule has 1 aliphatic rings. The molecule has 1 aliphatic heterocycles. The molecule has 17 heavy (non-hydrogen) atoms. The van der Waals surface area contributed by atoms with Crippen LogP contribution in [0.1, 0.15) is 5.56 Å². The molecular weight excluding hydrogens is 238 g/mol. The van der Waals surface area contributed by atoms with Gasteiger partial charge in [-0.15, -0.1) is 11.8 Å². The molecule has 0 bridgehead atoms. The summed E-state index contributed by atoms with van der Waals surface area (Å²) in [5.41, 5.74) is 1.00. The maximum absolute atomic E-state index is 11.8. The second-order valence-corrected chi connectivity index (χ2v) is 4.52. The fraction of sp³-hybridized carbons (Fsp3) is 0.364. The van der Waals surface area contributed by atoms with Gasteiger partial charge in [-0.1, -0.05) is 0 Å². The fourth-order valence-electron chi connectivity index (χ4n) is 1.45. The van der Waals surface area contributed by atoms with Gasteiger partial charge >= 0.3 is 0 Å². The van der Waals surface area contributed by atoms with Crippen LogP contribution in [0.25, 0.3) is 0 Å². The monoisotopic (exact) mass is 251 g/mol. The van der Waals surface area contributed by atoms with Gasteiger partial charge in [0.2, 0.25) is 0 Å². The summed E-state index contributed by atoms with van der Waals surface area (Å²) in [4.78, 5) is 25.0. The standard InChI is InChI=1S/C11H13N3O2S/c1-14(16-2)11(15)9-7-17-10(13-9)8-3-5-12-6-4-8/h3-6,9H,7H2,1-2H3/t9-/m0/s1. The lowest BCUT2D eigenvalue weighted by molar-refractivity contribution is -0.169. The molecule has 5 nitrogen and oxygen atoms in total. The highest BCUT2D eigenvalue weighted by atomic mass is 32.2. The first-order valence-electron chi connectivity index (χ1n) is 5.15. The lowest BCUT2D eigenvalue weighted by atomic mass is 10.3. The van der Waals surface area contributed by atoms with Crippen LogP contribution in [0.3, 0.4) is 0 Å². The Morgan fingerprint density at radius 3 is 2.88 bits per heavy atom. The molecular formula is C11H13N3O2S. The summed E-state index contributed by atoms with van der Waals surface area (Å²) in [5.74, 6) is 0.536. The Balaban J connectivity index is 2.12. The highest BCUT2D eigenvalue weighted by Gasteiger charge is 2.28. The highest BCUT2D eigenvalue weighted by molar-refractivity contribution is 8.14. The molecule has 6 heteroatoms. The van der Waals surface area contributed by atoms with Crippen molar-refractivity contribution in [2.24, 2.45) is 4.99 Å². The van der Waals surface area contributed by atoms with E-state index in [1.807, 2.05) is 12.1 Å². The second-order valence-electron chi connectivity index (χ2n) is 3.52. The third kappa shape index (κ3) is 2.65. The van der Waals surface area contributed by atoms with Gasteiger partial charge in [-0.05, 0) is 12.1 Å². The lowest BCUT2D eigenvalue weighted by Gasteiger charge is -2.15. The largest absolute Gasteiger partial charge is 0.274 e. The molecule has 0 saturated carbocycles. The van der Waals surface area contributed by atoms with E-state index in [2.05, 4.69) is 9.98 Å². The van der Waals surface area contributed by atoms with Crippen LogP contribution in [0.15, 0.2) is 29.5 Å². The minimum absolute atomic E-state index is 0.121. The lowest BCUT2D eigenvalue weighted by Crippen LogP contribution is -2.34. The average molecular weight is 251 g/mol. The van der Waals surface area contributed by atoms with Crippen LogP contribution in [0.5, 0.6) is 0 Å². The third-order valence-corrected chi connectivity index (χ3v) is 3.54. The molecule has 0 fully saturated rings. The Kier molecular flexibility index (Phi) is 3.75. The van der Waals surface area contributed by atoms with E-state index < -0.39 is 0 Å². The van der Waals surface area contributed by atoms with E-state index in [4.69, 9.17) is 4.84 Å². The Labute approximate surface area is 104 Å². The summed E-state index contributed by atoms with van der Waals surface area (Å²) in [6.45, 7) is 0. The van der Waals surface area contributed by atoms with Gasteiger partial charge in [-0.3, -0.25) is 19.6 Å². The topological polar surface area (TPSA) is 54.8 Å². The van der Waals surface area contributed by atoms with Crippen molar-refractivity contribution in [3.8, 4) is 0 Å². The zero-order valence-electron chi connectivity index (χ0n) is 9.66. The van der Waals surface area contributed by atoms with E-state index in [9.17, 15) is 4.79 Å². The summed E-state index contributed by atoms with van der Waals surface area (Å²) in [5, 5.41) is 2.10. The van der Waals surface area contributed by atoms with E-state index in [0.717, 1.165) is 10.6 Å². The summed E-state index contributed by atoms with van der Waals surface area (Å²) in [6, 6.07) is 3.42. The van der Waals surface area contributed by atoms with Crippen LogP contribution in [0.2, 0.25) is 0 Å². The van der Waals surface area contributed by atoms with Crippen molar-refractivity contribution < 1.29 is 9.63 Å². The van der Waals surface area contributed by atoms with Crippen LogP contribution in [0.4, 0.5) is 0 Å². The number of likely N-dealkylation sites (N-methyl/N-ethyl adjacent to an activating group) is 1. The molecule has 1 aromatic heterocycles. The number of hydroxylamine groups is 2. The third-order valence-electron chi connectivity index (χ3n) is 2.45. The molecule has 1 aromatic rings. The number of nitrogens with zero attached hydrogens (tertiary/aromatic N) is 3. The van der Waals surface area contributed by atoms with E-state index >= 15 is 0 Å². The summed E-state index contributed by atoms with van der Waals surface area (Å²) < 4.78 is 0. The molecule has 0 saturated heterocycles. The quantitative estimate of drug-likeness (QED) is 0.751. The maximum atomic E-state index is 11.8. The van der Waals surface area contributed by atoms with Gasteiger partial charge in [-0.25, -0.2) is 5.06 Å². The molecule has 0 radical (unpaired) electrons. The predicted molar refractivity (Wildman–Crippen MR) is 66.8 cm³/mol. The van der Waals surface area contributed by atoms with Gasteiger partial charge in [0.15, 0.2) is 0 Å². The number of rotatable bonds is 3. The first-order valence-corrected chi connectivity index (χ1v) is 6.13. The number of hydrogen-bond donors (Lipinski definition) is 0. The van der Waals surface area contributed by atoms with Crippen molar-refractivity contribution >= 4 is 22.7 Å². The van der Waals surface area contributed by atoms with E-state index in [1.165, 1.54) is 12.2 Å². The summed E-state index contributed by atoms with van der Waals surface area (Å²) >= 11 is 1.58. The van der Waals surface area contributed by atoms with E-state index in [1.54, 1.807) is 31.2 Å². The Hall–Kier alpha value is -1.40. The number of carbonyl (C=O) groups is 1. The molecule has 0 aromatic carbocycles. The molecule has 0 N–H and O–H groups in total. The molecule has 0 unspecified atom stereocenters. The average Bonchev–Trinajstić information content (AvgIpc) is 2.87. The number of amides is 1. The summed E-state index contributed by atoms with van der Waals surface area (Å²) in [7, 11) is 3.06. The first-order chi connectivity index (χ1) is 8.22. The zero-order chi connectivity index (χ0) is 12.3. The van der Waals surface area contributed by atoms with Crippen molar-refractivity contribution in [1.29, 1.82) is 0 Å². The number of pyridine rings is 1. The van der Waals surface area contributed by atoms with Crippen molar-refractivity contribution in [3.63, 3.8) is 0 Å². The molecule has 2 heterocycles. The van der Waals surface area contributed by atoms with Crippen LogP contribution in [-0.2, 0) is 9.63 Å². The van der Waals surface area contributed by atoms with Gasteiger partial charge in [0.1, 0.15) is 6.04 Å². The Morgan fingerprint density at radius 1 is 1.53 bits per heavy atom. The van der Waals surface area contributed by atoms with Crippen molar-refractivity contribution in [3.05, 3.63) is 30.1 Å². The number of aromatic nitrogens is 1. The van der Waals surface area contributed by atoms with Crippen LogP contribution in [0, 0.1) is 0 Å². The zero-order valence-corrected chi connectivity index (χ0v) is 10.5. The van der Waals surface area contributed by atoms with E-state index in [-0.39, 0.29) is 11.9 Å². The molecule has 1 atom stereocenters. The van der Waals surface area contributed by atoms with Gasteiger partial charge in [0.05, 0.1) is 12.2 Å². The van der Waals surface area contributed by atoms with Crippen LogP contribution < -0.4 is 0 Å². The van der Waals surface area contributed by atoms with E-state index in [0.29, 0.717) is 5.75 Å². The number of hydrogen-bond acceptors (Lipinski definition) is 5. The number of carbonyl (C=O) groups excluding carboxylic acids is 1. The van der Waals surface area contributed by atoms with Gasteiger partial charge in [0, 0.05) is 30.8 Å². The molecule has 0 spiro atoms. The Morgan fingerprint density at radius 2 is 2.24 bits per heavy atom. The number of aliphatic imine (C=N–C) groups is 1. The highest BCUT2D eigenvalue weighted by Crippen LogP contribution is 2.23. The van der Waals surface area contributed by atoms with Crippen LogP contribution in [-0.4, -0.2) is 47.0 Å². The fourth-order valence-corrected chi connectivity index (χ4v) is 2.49. The van der Waals surface area contributed by atoms with Crippen molar-refractivity contribution in [2.45, 2.75) is 6.04 Å². The molecule has 90 valence electrons. The SMILES string of the molecule is CON(C)C(=O)[C@@H]1CSC(c2ccncc2)=N1. The first kappa shape index (κ1) is 12.1. The van der Waals surface area contributed by atoms with Gasteiger partial charge < -0.3 is 0 Å². The van der Waals surface area contributed by atoms with Gasteiger partial charge in [0.25, 0.3) is 5.91 Å². The van der Waals surface area contributed by atoms with Crippen molar-refractivity contribution in [1.82, 2.24) is 10.0 Å². The molecule has 0 aliphatic carbocycles. The maximum Gasteiger partial charge on any atom is 0.271 e. The van der Waals surface area contributed by atoms with Gasteiger partial charge in [-0.2, -0.15) is 0 Å². The minimum Gasteiger partial charge on any atom is -0.274 e. The molecule has 1 amide bonds. The predicted octanol–water partition coefficient (Wildman–Crippen LogP) is 0.963. The second kappa shape index (κ2) is 5.29. The Bertz CT molecular complexity index is 436. The number of thioether (sulfide) groups is 1. The summed E-state index contributed by atoms with van der Waals surface area (Å²) in [6.07, 6.45) is 3.43. The molecule has 2 rings (SSSR count).